The minimum Gasteiger partial charge on any atom is -0.394 e. The van der Waals surface area contributed by atoms with Crippen LogP contribution >= 0.6 is 7.82 Å². The van der Waals surface area contributed by atoms with Gasteiger partial charge in [0.2, 0.25) is 12.5 Å². The van der Waals surface area contributed by atoms with Gasteiger partial charge in [-0.3, -0.25) is 9.13 Å². The summed E-state index contributed by atoms with van der Waals surface area (Å²) in [5.74, 6) is -7.65. The van der Waals surface area contributed by atoms with E-state index in [1.807, 2.05) is 0 Å². The molecule has 2 fully saturated rings. The van der Waals surface area contributed by atoms with Crippen LogP contribution in [-0.4, -0.2) is 104 Å². The molecule has 0 aromatic carbocycles. The molecule has 2 saturated heterocycles. The van der Waals surface area contributed by atoms with E-state index in [1.54, 1.807) is 0 Å². The van der Waals surface area contributed by atoms with Crippen molar-refractivity contribution in [2.45, 2.75) is 48.7 Å². The predicted molar refractivity (Wildman–Crippen MR) is 124 cm³/mol. The van der Waals surface area contributed by atoms with Crippen LogP contribution in [0.25, 0.3) is 0 Å². The third-order valence-corrected chi connectivity index (χ3v) is 5.33. The Balaban J connectivity index is 0.000000247. The van der Waals surface area contributed by atoms with Crippen LogP contribution in [0, 0.1) is 0 Å². The number of aromatic nitrogens is 4. The number of ether oxygens (including phenoxy) is 2. The Hall–Kier alpha value is -3.05. The number of hydrogen-bond acceptors (Lipinski definition) is 13. The molecule has 6 atom stereocenters. The maximum Gasteiger partial charge on any atom is 0.466 e. The maximum atomic E-state index is 13.7. The molecule has 0 saturated carbocycles. The average molecular weight is 624 g/mol. The van der Waals surface area contributed by atoms with Crippen LogP contribution in [0.2, 0.25) is 0 Å². The van der Waals surface area contributed by atoms with Crippen molar-refractivity contribution in [3.63, 3.8) is 0 Å². The highest BCUT2D eigenvalue weighted by atomic mass is 31.2. The average Bonchev–Trinajstić information content (AvgIpc) is 3.21. The second-order valence-electron chi connectivity index (χ2n) is 8.26. The van der Waals surface area contributed by atoms with Gasteiger partial charge in [0.25, 0.3) is 0 Å². The second-order valence-corrected chi connectivity index (χ2v) is 9.28. The number of alkyl halides is 4. The molecule has 2 aliphatic heterocycles. The first kappa shape index (κ1) is 34.2. The van der Waals surface area contributed by atoms with Gasteiger partial charge in [0, 0.05) is 12.4 Å². The van der Waals surface area contributed by atoms with Gasteiger partial charge in [-0.25, -0.2) is 14.2 Å². The summed E-state index contributed by atoms with van der Waals surface area (Å²) in [6.07, 6.45) is -9.38. The zero-order valence-electron chi connectivity index (χ0n) is 20.3. The smallest absolute Gasteiger partial charge is 0.394 e. The van der Waals surface area contributed by atoms with E-state index in [0.29, 0.717) is 9.13 Å². The molecule has 2 aromatic rings. The largest absolute Gasteiger partial charge is 0.466 e. The van der Waals surface area contributed by atoms with Crippen molar-refractivity contribution in [2.24, 2.45) is 0 Å². The lowest BCUT2D eigenvalue weighted by molar-refractivity contribution is -0.141. The van der Waals surface area contributed by atoms with Crippen LogP contribution < -0.4 is 22.8 Å². The molecule has 4 heterocycles. The minimum atomic E-state index is -4.64. The summed E-state index contributed by atoms with van der Waals surface area (Å²) in [5.41, 5.74) is 8.42. The third kappa shape index (κ3) is 8.03. The van der Waals surface area contributed by atoms with E-state index in [2.05, 4.69) is 9.97 Å². The van der Waals surface area contributed by atoms with E-state index < -0.39 is 81.1 Å². The first-order valence-electron chi connectivity index (χ1n) is 10.9. The number of rotatable bonds is 4. The summed E-state index contributed by atoms with van der Waals surface area (Å²) in [4.78, 5) is 51.0. The molecule has 0 unspecified atom stereocenters. The van der Waals surface area contributed by atoms with E-state index in [0.717, 1.165) is 24.5 Å². The first-order chi connectivity index (χ1) is 18.7. The third-order valence-electron chi connectivity index (χ3n) is 5.33. The van der Waals surface area contributed by atoms with Gasteiger partial charge in [-0.2, -0.15) is 27.5 Å². The summed E-state index contributed by atoms with van der Waals surface area (Å²) < 4.78 is 74.3. The summed E-state index contributed by atoms with van der Waals surface area (Å²) >= 11 is 0. The van der Waals surface area contributed by atoms with Gasteiger partial charge in [0.05, 0.1) is 13.2 Å². The Labute approximate surface area is 224 Å². The number of halogens is 4. The molecule has 0 spiro atoms. The highest BCUT2D eigenvalue weighted by Crippen LogP contribution is 2.43. The van der Waals surface area contributed by atoms with Gasteiger partial charge < -0.3 is 56.0 Å². The Bertz CT molecular complexity index is 1260. The van der Waals surface area contributed by atoms with Gasteiger partial charge in [0.1, 0.15) is 23.8 Å². The SMILES string of the molecule is Nc1ccn([C@@H]2O[C@H](CO)[C@@H](O)C2(F)F)c(=O)n1.Nc1ccn([C@@H]2O[C@H](CO)[C@@H](O)C2(F)F)c(=O)n1.O=P(O)(O)O. The van der Waals surface area contributed by atoms with Crippen molar-refractivity contribution in [1.82, 2.24) is 19.1 Å². The van der Waals surface area contributed by atoms with Crippen LogP contribution in [0.4, 0.5) is 29.2 Å². The van der Waals surface area contributed by atoms with Crippen molar-refractivity contribution < 1.29 is 66.7 Å². The number of hydrogen-bond donors (Lipinski definition) is 9. The summed E-state index contributed by atoms with van der Waals surface area (Å²) in [6.45, 7) is -1.57. The Morgan fingerprint density at radius 3 is 1.32 bits per heavy atom. The maximum absolute atomic E-state index is 13.7. The number of nitrogens with zero attached hydrogens (tertiary/aromatic N) is 4. The Morgan fingerprint density at radius 1 is 0.805 bits per heavy atom. The van der Waals surface area contributed by atoms with Crippen LogP contribution in [0.1, 0.15) is 12.5 Å². The molecule has 0 amide bonds. The van der Waals surface area contributed by atoms with E-state index in [1.165, 1.54) is 0 Å². The van der Waals surface area contributed by atoms with Crippen molar-refractivity contribution in [2.75, 3.05) is 24.7 Å². The zero-order chi connectivity index (χ0) is 31.5. The highest BCUT2D eigenvalue weighted by Gasteiger charge is 2.60. The second kappa shape index (κ2) is 12.9. The lowest BCUT2D eigenvalue weighted by atomic mass is 10.1. The quantitative estimate of drug-likeness (QED) is 0.118. The molecule has 0 radical (unpaired) electrons. The number of aliphatic hydroxyl groups is 4. The zero-order valence-corrected chi connectivity index (χ0v) is 21.2. The number of anilines is 2. The summed E-state index contributed by atoms with van der Waals surface area (Å²) in [5, 5.41) is 36.2. The van der Waals surface area contributed by atoms with Gasteiger partial charge in [-0.15, -0.1) is 0 Å². The predicted octanol–water partition coefficient (Wildman–Crippen LogP) is -3.51. The first-order valence-corrected chi connectivity index (χ1v) is 12.4. The fraction of sp³-hybridized carbons (Fsp3) is 0.556. The molecular formula is C18H25F4N6O12P. The Morgan fingerprint density at radius 2 is 1.10 bits per heavy atom. The summed E-state index contributed by atoms with van der Waals surface area (Å²) in [7, 11) is -4.64. The molecule has 11 N–H and O–H groups in total. The van der Waals surface area contributed by atoms with Crippen LogP contribution in [0.3, 0.4) is 0 Å². The molecule has 0 aliphatic carbocycles. The van der Waals surface area contributed by atoms with E-state index in [4.69, 9.17) is 50.4 Å². The molecule has 41 heavy (non-hydrogen) atoms. The topological polar surface area (TPSA) is 299 Å². The molecule has 4 rings (SSSR count). The number of nitrogens with two attached hydrogens (primary N) is 2. The van der Waals surface area contributed by atoms with E-state index >= 15 is 0 Å². The molecule has 18 nitrogen and oxygen atoms in total. The lowest BCUT2D eigenvalue weighted by Gasteiger charge is -2.20. The van der Waals surface area contributed by atoms with E-state index in [-0.39, 0.29) is 11.6 Å². The highest BCUT2D eigenvalue weighted by molar-refractivity contribution is 7.45. The summed E-state index contributed by atoms with van der Waals surface area (Å²) in [6, 6.07) is 2.30. The molecule has 2 aliphatic rings. The fourth-order valence-electron chi connectivity index (χ4n) is 3.45. The van der Waals surface area contributed by atoms with Crippen molar-refractivity contribution >= 4 is 19.5 Å². The van der Waals surface area contributed by atoms with Gasteiger partial charge in [0.15, 0.2) is 12.2 Å². The standard InChI is InChI=1S/2C9H11F2N3O4.H3O4P/c2*10-9(11)6(16)4(3-15)18-7(9)14-2-1-5(12)13-8(14)17;1-5(2,3)4/h2*1-2,4,6-7,15-16H,3H2,(H2,12,13,17);(H3,1,2,3,4)/t2*4-,6-,7-;/m11./s1. The van der Waals surface area contributed by atoms with Crippen molar-refractivity contribution in [1.29, 1.82) is 0 Å². The van der Waals surface area contributed by atoms with Gasteiger partial charge in [-0.1, -0.05) is 0 Å². The van der Waals surface area contributed by atoms with E-state index in [9.17, 15) is 37.4 Å². The minimum absolute atomic E-state index is 0.114. The fourth-order valence-corrected chi connectivity index (χ4v) is 3.45. The lowest BCUT2D eigenvalue weighted by Crippen LogP contribution is -2.41. The van der Waals surface area contributed by atoms with Crippen molar-refractivity contribution in [3.05, 3.63) is 45.5 Å². The molecule has 232 valence electrons. The molecule has 2 aromatic heterocycles. The number of nitrogen functional groups attached to an aromatic ring is 2. The Kier molecular flexibility index (Phi) is 10.7. The monoisotopic (exact) mass is 624 g/mol. The van der Waals surface area contributed by atoms with Crippen molar-refractivity contribution in [3.8, 4) is 0 Å². The normalized spacial score (nSPS) is 28.3. The number of phosphoric acid groups is 1. The van der Waals surface area contributed by atoms with Gasteiger partial charge in [-0.05, 0) is 12.1 Å². The van der Waals surface area contributed by atoms with Gasteiger partial charge >= 0.3 is 31.0 Å². The van der Waals surface area contributed by atoms with Crippen LogP contribution in [0.15, 0.2) is 34.1 Å². The molecule has 0 bridgehead atoms. The van der Waals surface area contributed by atoms with Crippen LogP contribution in [-0.2, 0) is 14.0 Å². The number of aliphatic hydroxyl groups excluding tert-OH is 4. The van der Waals surface area contributed by atoms with Crippen LogP contribution in [0.5, 0.6) is 0 Å². The molecule has 23 heteroatoms. The molecular weight excluding hydrogens is 599 g/mol.